The third-order valence-corrected chi connectivity index (χ3v) is 7.15. The zero-order valence-corrected chi connectivity index (χ0v) is 18.2. The smallest absolute Gasteiger partial charge is 0.250 e. The van der Waals surface area contributed by atoms with Gasteiger partial charge in [0.2, 0.25) is 11.8 Å². The van der Waals surface area contributed by atoms with Crippen molar-refractivity contribution in [3.63, 3.8) is 0 Å². The lowest BCUT2D eigenvalue weighted by molar-refractivity contribution is -0.135. The van der Waals surface area contributed by atoms with Gasteiger partial charge in [0.1, 0.15) is 17.0 Å². The third-order valence-electron chi connectivity index (χ3n) is 6.83. The number of para-hydroxylation sites is 1. The van der Waals surface area contributed by atoms with Crippen LogP contribution in [0.1, 0.15) is 24.8 Å². The van der Waals surface area contributed by atoms with Crippen LogP contribution in [-0.4, -0.2) is 43.5 Å². The molecule has 3 aliphatic rings. The van der Waals surface area contributed by atoms with Crippen LogP contribution in [-0.2, 0) is 15.1 Å². The number of anilines is 2. The first-order valence-electron chi connectivity index (χ1n) is 10.4. The van der Waals surface area contributed by atoms with Crippen LogP contribution >= 0.6 is 11.6 Å². The maximum atomic E-state index is 13.7. The minimum absolute atomic E-state index is 0.179. The van der Waals surface area contributed by atoms with Gasteiger partial charge in [0.25, 0.3) is 0 Å². The Labute approximate surface area is 185 Å². The molecule has 0 aliphatic carbocycles. The zero-order chi connectivity index (χ0) is 21.8. The number of rotatable bonds is 4. The van der Waals surface area contributed by atoms with Gasteiger partial charge in [-0.25, -0.2) is 0 Å². The number of amides is 2. The summed E-state index contributed by atoms with van der Waals surface area (Å²) in [5.74, 6) is 0.171. The van der Waals surface area contributed by atoms with E-state index in [0.717, 1.165) is 24.9 Å². The van der Waals surface area contributed by atoms with E-state index in [-0.39, 0.29) is 17.9 Å². The first kappa shape index (κ1) is 20.2. The molecule has 0 bridgehead atoms. The Morgan fingerprint density at radius 2 is 2.10 bits per heavy atom. The van der Waals surface area contributed by atoms with Crippen molar-refractivity contribution in [3.05, 3.63) is 47.0 Å². The molecule has 2 N–H and O–H groups in total. The fraction of sp³-hybridized carbons (Fsp3) is 0.391. The summed E-state index contributed by atoms with van der Waals surface area (Å²) in [5, 5.41) is 6.45. The molecule has 3 atom stereocenters. The Morgan fingerprint density at radius 1 is 1.26 bits per heavy atom. The van der Waals surface area contributed by atoms with E-state index < -0.39 is 11.5 Å². The van der Waals surface area contributed by atoms with Crippen LogP contribution in [0.4, 0.5) is 11.4 Å². The van der Waals surface area contributed by atoms with Crippen molar-refractivity contribution in [2.24, 2.45) is 5.92 Å². The molecule has 0 radical (unpaired) electrons. The molecule has 5 rings (SSSR count). The molecular weight excluding hydrogens is 418 g/mol. The second-order valence-corrected chi connectivity index (χ2v) is 8.62. The highest BCUT2D eigenvalue weighted by Crippen LogP contribution is 2.56. The van der Waals surface area contributed by atoms with Crippen molar-refractivity contribution in [3.8, 4) is 11.5 Å². The predicted molar refractivity (Wildman–Crippen MR) is 118 cm³/mol. The lowest BCUT2D eigenvalue weighted by Gasteiger charge is -2.36. The first-order valence-corrected chi connectivity index (χ1v) is 10.8. The Morgan fingerprint density at radius 3 is 2.87 bits per heavy atom. The van der Waals surface area contributed by atoms with E-state index in [9.17, 15) is 9.59 Å². The summed E-state index contributed by atoms with van der Waals surface area (Å²) in [6, 6.07) is 10.9. The number of fused-ring (bicyclic) bond motifs is 4. The number of benzene rings is 2. The highest BCUT2D eigenvalue weighted by molar-refractivity contribution is 6.35. The molecule has 3 aliphatic heterocycles. The van der Waals surface area contributed by atoms with E-state index >= 15 is 0 Å². The van der Waals surface area contributed by atoms with Gasteiger partial charge in [-0.1, -0.05) is 23.7 Å². The number of carbonyl (C=O) groups excluding carboxylic acids is 2. The fourth-order valence-electron chi connectivity index (χ4n) is 5.55. The first-order chi connectivity index (χ1) is 15.0. The molecular formula is C23H24ClN3O4. The van der Waals surface area contributed by atoms with Crippen LogP contribution in [0.2, 0.25) is 5.02 Å². The van der Waals surface area contributed by atoms with Gasteiger partial charge in [0, 0.05) is 17.7 Å². The van der Waals surface area contributed by atoms with Crippen LogP contribution in [0, 0.1) is 5.92 Å². The highest BCUT2D eigenvalue weighted by Gasteiger charge is 2.65. The number of ether oxygens (including phenoxy) is 2. The van der Waals surface area contributed by atoms with Crippen LogP contribution in [0.15, 0.2) is 36.4 Å². The van der Waals surface area contributed by atoms with Gasteiger partial charge in [-0.2, -0.15) is 0 Å². The average Bonchev–Trinajstić information content (AvgIpc) is 3.43. The molecule has 8 heteroatoms. The Balaban J connectivity index is 1.58. The van der Waals surface area contributed by atoms with Crippen LogP contribution in [0.3, 0.4) is 0 Å². The molecule has 3 heterocycles. The summed E-state index contributed by atoms with van der Waals surface area (Å²) in [5.41, 5.74) is 0.849. The average molecular weight is 442 g/mol. The van der Waals surface area contributed by atoms with Crippen molar-refractivity contribution in [1.29, 1.82) is 0 Å². The minimum atomic E-state index is -1.06. The SMILES string of the molecule is COc1ccc(OC)c(NC(=O)C2CC3CCCN3C23C(=O)Nc2c(Cl)cccc23)c1. The Hall–Kier alpha value is -2.77. The number of hydrogen-bond acceptors (Lipinski definition) is 5. The molecule has 2 aromatic rings. The zero-order valence-electron chi connectivity index (χ0n) is 17.4. The van der Waals surface area contributed by atoms with Gasteiger partial charge in [0.15, 0.2) is 0 Å². The van der Waals surface area contributed by atoms with Gasteiger partial charge in [-0.15, -0.1) is 0 Å². The summed E-state index contributed by atoms with van der Waals surface area (Å²) in [6.45, 7) is 0.774. The van der Waals surface area contributed by atoms with Gasteiger partial charge in [-0.05, 0) is 44.0 Å². The van der Waals surface area contributed by atoms with E-state index in [1.54, 1.807) is 38.5 Å². The number of nitrogens with one attached hydrogen (secondary N) is 2. The maximum Gasteiger partial charge on any atom is 0.250 e. The van der Waals surface area contributed by atoms with Crippen LogP contribution < -0.4 is 20.1 Å². The van der Waals surface area contributed by atoms with E-state index in [0.29, 0.717) is 34.3 Å². The summed E-state index contributed by atoms with van der Waals surface area (Å²) in [7, 11) is 3.12. The van der Waals surface area contributed by atoms with Crippen molar-refractivity contribution < 1.29 is 19.1 Å². The van der Waals surface area contributed by atoms with Gasteiger partial charge < -0.3 is 20.1 Å². The summed E-state index contributed by atoms with van der Waals surface area (Å²) < 4.78 is 10.7. The number of hydrogen-bond donors (Lipinski definition) is 2. The monoisotopic (exact) mass is 441 g/mol. The standard InChI is InChI=1S/C23H24ClN3O4/c1-30-14-8-9-19(31-2)18(12-14)25-21(28)16-11-13-5-4-10-27(13)23(16)15-6-3-7-17(24)20(15)26-22(23)29/h3,6-9,12-13,16H,4-5,10-11H2,1-2H3,(H,25,28)(H,26,29). The van der Waals surface area contributed by atoms with E-state index in [2.05, 4.69) is 15.5 Å². The largest absolute Gasteiger partial charge is 0.497 e. The van der Waals surface area contributed by atoms with E-state index in [4.69, 9.17) is 21.1 Å². The van der Waals surface area contributed by atoms with Crippen LogP contribution in [0.25, 0.3) is 0 Å². The van der Waals surface area contributed by atoms with Gasteiger partial charge in [0.05, 0.1) is 36.5 Å². The number of carbonyl (C=O) groups is 2. The Kier molecular flexibility index (Phi) is 4.83. The van der Waals surface area contributed by atoms with Crippen molar-refractivity contribution in [1.82, 2.24) is 4.90 Å². The molecule has 2 aromatic carbocycles. The molecule has 7 nitrogen and oxygen atoms in total. The van der Waals surface area contributed by atoms with E-state index in [1.807, 2.05) is 12.1 Å². The molecule has 0 aromatic heterocycles. The second-order valence-electron chi connectivity index (χ2n) is 8.22. The normalized spacial score (nSPS) is 26.5. The Bertz CT molecular complexity index is 1070. The summed E-state index contributed by atoms with van der Waals surface area (Å²) in [4.78, 5) is 29.4. The van der Waals surface area contributed by atoms with Crippen molar-refractivity contribution in [2.75, 3.05) is 31.4 Å². The van der Waals surface area contributed by atoms with Crippen molar-refractivity contribution >= 4 is 34.8 Å². The molecule has 31 heavy (non-hydrogen) atoms. The lowest BCUT2D eigenvalue weighted by Crippen LogP contribution is -2.53. The summed E-state index contributed by atoms with van der Waals surface area (Å²) >= 11 is 6.41. The number of methoxy groups -OCH3 is 2. The molecule has 2 saturated heterocycles. The molecule has 0 saturated carbocycles. The summed E-state index contributed by atoms with van der Waals surface area (Å²) in [6.07, 6.45) is 2.59. The minimum Gasteiger partial charge on any atom is -0.497 e. The van der Waals surface area contributed by atoms with Gasteiger partial charge >= 0.3 is 0 Å². The highest BCUT2D eigenvalue weighted by atomic mass is 35.5. The quantitative estimate of drug-likeness (QED) is 0.757. The van der Waals surface area contributed by atoms with Crippen LogP contribution in [0.5, 0.6) is 11.5 Å². The molecule has 2 fully saturated rings. The lowest BCUT2D eigenvalue weighted by atomic mass is 9.78. The van der Waals surface area contributed by atoms with E-state index in [1.165, 1.54) is 0 Å². The molecule has 162 valence electrons. The molecule has 2 amide bonds. The van der Waals surface area contributed by atoms with Crippen molar-refractivity contribution in [2.45, 2.75) is 30.8 Å². The maximum absolute atomic E-state index is 13.7. The topological polar surface area (TPSA) is 79.9 Å². The fourth-order valence-corrected chi connectivity index (χ4v) is 5.77. The predicted octanol–water partition coefficient (Wildman–Crippen LogP) is 3.63. The number of nitrogens with zero attached hydrogens (tertiary/aromatic N) is 1. The second kappa shape index (κ2) is 7.43. The number of halogens is 1. The molecule has 3 unspecified atom stereocenters. The third kappa shape index (κ3) is 2.83. The molecule has 1 spiro atoms. The van der Waals surface area contributed by atoms with Gasteiger partial charge in [-0.3, -0.25) is 14.5 Å².